The third-order valence-corrected chi connectivity index (χ3v) is 5.03. The lowest BCUT2D eigenvalue weighted by atomic mass is 9.74. The summed E-state index contributed by atoms with van der Waals surface area (Å²) < 4.78 is 0. The van der Waals surface area contributed by atoms with E-state index in [9.17, 15) is 4.79 Å². The Morgan fingerprint density at radius 2 is 1.90 bits per heavy atom. The molecular formula is C16H32N2OS. The summed E-state index contributed by atoms with van der Waals surface area (Å²) in [6.45, 7) is 5.02. The molecule has 0 aromatic carbocycles. The molecule has 20 heavy (non-hydrogen) atoms. The number of piperidine rings is 1. The van der Waals surface area contributed by atoms with Crippen LogP contribution in [0.1, 0.15) is 58.3 Å². The number of rotatable bonds is 10. The lowest BCUT2D eigenvalue weighted by molar-refractivity contribution is -0.133. The molecule has 1 aliphatic heterocycles. The van der Waals surface area contributed by atoms with Crippen molar-refractivity contribution in [1.82, 2.24) is 10.6 Å². The van der Waals surface area contributed by atoms with Gasteiger partial charge in [-0.2, -0.15) is 11.8 Å². The molecule has 0 unspecified atom stereocenters. The Balaban J connectivity index is 2.21. The van der Waals surface area contributed by atoms with Gasteiger partial charge in [-0.1, -0.05) is 26.2 Å². The Hall–Kier alpha value is -0.220. The highest BCUT2D eigenvalue weighted by Gasteiger charge is 2.38. The molecular weight excluding hydrogens is 268 g/mol. The van der Waals surface area contributed by atoms with Crippen LogP contribution >= 0.6 is 11.8 Å². The summed E-state index contributed by atoms with van der Waals surface area (Å²) in [6.07, 6.45) is 11.3. The molecule has 0 atom stereocenters. The van der Waals surface area contributed by atoms with E-state index in [1.54, 1.807) is 0 Å². The topological polar surface area (TPSA) is 41.1 Å². The standard InChI is InChI=1S/C16H32N2OS/c1-3-8-16(9-12-17-13-10-16)15(19)18-11-6-4-5-7-14-20-2/h17H,3-14H2,1-2H3,(H,18,19). The second-order valence-corrected chi connectivity index (χ2v) is 6.93. The maximum absolute atomic E-state index is 12.5. The van der Waals surface area contributed by atoms with E-state index in [1.807, 2.05) is 11.8 Å². The van der Waals surface area contributed by atoms with Crippen LogP contribution in [-0.4, -0.2) is 37.6 Å². The molecule has 0 aromatic heterocycles. The van der Waals surface area contributed by atoms with Crippen molar-refractivity contribution in [2.75, 3.05) is 31.6 Å². The van der Waals surface area contributed by atoms with Crippen LogP contribution in [0.2, 0.25) is 0 Å². The molecule has 4 heteroatoms. The Labute approximate surface area is 129 Å². The summed E-state index contributed by atoms with van der Waals surface area (Å²) in [5.74, 6) is 1.57. The van der Waals surface area contributed by atoms with Crippen LogP contribution in [0.4, 0.5) is 0 Å². The van der Waals surface area contributed by atoms with Crippen molar-refractivity contribution in [2.45, 2.75) is 58.3 Å². The lowest BCUT2D eigenvalue weighted by Gasteiger charge is -2.36. The van der Waals surface area contributed by atoms with E-state index in [-0.39, 0.29) is 5.41 Å². The average molecular weight is 301 g/mol. The fourth-order valence-corrected chi connectivity index (χ4v) is 3.58. The Kier molecular flexibility index (Phi) is 9.36. The number of hydrogen-bond acceptors (Lipinski definition) is 3. The zero-order valence-electron chi connectivity index (χ0n) is 13.3. The SMILES string of the molecule is CCCC1(C(=O)NCCCCCCSC)CCNCC1. The van der Waals surface area contributed by atoms with Gasteiger partial charge < -0.3 is 10.6 Å². The second kappa shape index (κ2) is 10.5. The van der Waals surface area contributed by atoms with Crippen LogP contribution in [0.5, 0.6) is 0 Å². The fraction of sp³-hybridized carbons (Fsp3) is 0.938. The van der Waals surface area contributed by atoms with Gasteiger partial charge in [0.2, 0.25) is 5.91 Å². The number of carbonyl (C=O) groups excluding carboxylic acids is 1. The first-order valence-corrected chi connectivity index (χ1v) is 9.62. The summed E-state index contributed by atoms with van der Waals surface area (Å²) >= 11 is 1.92. The van der Waals surface area contributed by atoms with Crippen LogP contribution < -0.4 is 10.6 Å². The minimum atomic E-state index is -0.0845. The Bertz CT molecular complexity index is 260. The van der Waals surface area contributed by atoms with Gasteiger partial charge in [-0.15, -0.1) is 0 Å². The van der Waals surface area contributed by atoms with E-state index >= 15 is 0 Å². The summed E-state index contributed by atoms with van der Waals surface area (Å²) in [5.41, 5.74) is -0.0845. The van der Waals surface area contributed by atoms with E-state index in [4.69, 9.17) is 0 Å². The normalized spacial score (nSPS) is 17.9. The number of hydrogen-bond donors (Lipinski definition) is 2. The first kappa shape index (κ1) is 17.8. The molecule has 3 nitrogen and oxygen atoms in total. The second-order valence-electron chi connectivity index (χ2n) is 5.94. The van der Waals surface area contributed by atoms with Gasteiger partial charge in [-0.25, -0.2) is 0 Å². The molecule has 0 radical (unpaired) electrons. The zero-order valence-corrected chi connectivity index (χ0v) is 14.1. The number of amides is 1. The van der Waals surface area contributed by atoms with E-state index < -0.39 is 0 Å². The van der Waals surface area contributed by atoms with Crippen molar-refractivity contribution in [3.63, 3.8) is 0 Å². The minimum Gasteiger partial charge on any atom is -0.356 e. The highest BCUT2D eigenvalue weighted by atomic mass is 32.2. The van der Waals surface area contributed by atoms with Crippen LogP contribution in [0.25, 0.3) is 0 Å². The average Bonchev–Trinajstić information content (AvgIpc) is 2.47. The number of nitrogens with one attached hydrogen (secondary N) is 2. The molecule has 1 rings (SSSR count). The van der Waals surface area contributed by atoms with E-state index in [0.29, 0.717) is 5.91 Å². The molecule has 1 fully saturated rings. The summed E-state index contributed by atoms with van der Waals surface area (Å²) in [7, 11) is 0. The monoisotopic (exact) mass is 300 g/mol. The van der Waals surface area contributed by atoms with Gasteiger partial charge in [0.1, 0.15) is 0 Å². The summed E-state index contributed by atoms with van der Waals surface area (Å²) in [5, 5.41) is 6.56. The quantitative estimate of drug-likeness (QED) is 0.609. The van der Waals surface area contributed by atoms with Gasteiger partial charge in [-0.3, -0.25) is 4.79 Å². The Morgan fingerprint density at radius 3 is 2.55 bits per heavy atom. The molecule has 0 aromatic rings. The molecule has 2 N–H and O–H groups in total. The van der Waals surface area contributed by atoms with Gasteiger partial charge in [0, 0.05) is 6.54 Å². The van der Waals surface area contributed by atoms with E-state index in [0.717, 1.165) is 51.7 Å². The minimum absolute atomic E-state index is 0.0845. The smallest absolute Gasteiger partial charge is 0.226 e. The van der Waals surface area contributed by atoms with Crippen molar-refractivity contribution in [2.24, 2.45) is 5.41 Å². The van der Waals surface area contributed by atoms with E-state index in [2.05, 4.69) is 23.8 Å². The lowest BCUT2D eigenvalue weighted by Crippen LogP contribution is -2.47. The first-order valence-electron chi connectivity index (χ1n) is 8.23. The Morgan fingerprint density at radius 1 is 1.20 bits per heavy atom. The first-order chi connectivity index (χ1) is 9.75. The van der Waals surface area contributed by atoms with Crippen molar-refractivity contribution in [3.05, 3.63) is 0 Å². The van der Waals surface area contributed by atoms with E-state index in [1.165, 1.54) is 25.0 Å². The van der Waals surface area contributed by atoms with Crippen LogP contribution in [-0.2, 0) is 4.79 Å². The van der Waals surface area contributed by atoms with Crippen LogP contribution in [0, 0.1) is 5.41 Å². The summed E-state index contributed by atoms with van der Waals surface area (Å²) in [4.78, 5) is 12.5. The molecule has 1 heterocycles. The van der Waals surface area contributed by atoms with Gasteiger partial charge >= 0.3 is 0 Å². The maximum Gasteiger partial charge on any atom is 0.226 e. The van der Waals surface area contributed by atoms with Crippen molar-refractivity contribution >= 4 is 17.7 Å². The molecule has 0 aliphatic carbocycles. The maximum atomic E-state index is 12.5. The third-order valence-electron chi connectivity index (χ3n) is 4.33. The van der Waals surface area contributed by atoms with Gasteiger partial charge in [0.05, 0.1) is 5.41 Å². The number of thioether (sulfide) groups is 1. The fourth-order valence-electron chi connectivity index (χ4n) is 3.09. The molecule has 0 spiro atoms. The predicted octanol–water partition coefficient (Wildman–Crippen LogP) is 3.20. The van der Waals surface area contributed by atoms with Crippen LogP contribution in [0.3, 0.4) is 0 Å². The van der Waals surface area contributed by atoms with Crippen molar-refractivity contribution < 1.29 is 4.79 Å². The van der Waals surface area contributed by atoms with Gasteiger partial charge in [-0.05, 0) is 57.2 Å². The van der Waals surface area contributed by atoms with Crippen molar-refractivity contribution in [1.29, 1.82) is 0 Å². The number of carbonyl (C=O) groups is 1. The third kappa shape index (κ3) is 6.04. The predicted molar refractivity (Wildman–Crippen MR) is 89.3 cm³/mol. The van der Waals surface area contributed by atoms with Gasteiger partial charge in [0.25, 0.3) is 0 Å². The molecule has 1 saturated heterocycles. The number of unbranched alkanes of at least 4 members (excludes halogenated alkanes) is 3. The summed E-state index contributed by atoms with van der Waals surface area (Å²) in [6, 6.07) is 0. The molecule has 1 aliphatic rings. The van der Waals surface area contributed by atoms with Gasteiger partial charge in [0.15, 0.2) is 0 Å². The molecule has 118 valence electrons. The van der Waals surface area contributed by atoms with Crippen LogP contribution in [0.15, 0.2) is 0 Å². The highest BCUT2D eigenvalue weighted by molar-refractivity contribution is 7.98. The molecule has 1 amide bonds. The largest absolute Gasteiger partial charge is 0.356 e. The molecule has 0 bridgehead atoms. The highest BCUT2D eigenvalue weighted by Crippen LogP contribution is 2.34. The van der Waals surface area contributed by atoms with Crippen molar-refractivity contribution in [3.8, 4) is 0 Å². The molecule has 0 saturated carbocycles. The zero-order chi connectivity index (χ0) is 14.7.